The van der Waals surface area contributed by atoms with E-state index in [0.29, 0.717) is 19.5 Å². The van der Waals surface area contributed by atoms with E-state index >= 15 is 0 Å². The lowest BCUT2D eigenvalue weighted by molar-refractivity contribution is -0.132. The van der Waals surface area contributed by atoms with E-state index in [2.05, 4.69) is 20.6 Å². The molecular formula is C22H29N5O3. The summed E-state index contributed by atoms with van der Waals surface area (Å²) >= 11 is 0. The Labute approximate surface area is 175 Å². The normalized spacial score (nSPS) is 22.5. The maximum absolute atomic E-state index is 12.6. The van der Waals surface area contributed by atoms with Crippen LogP contribution in [0.5, 0.6) is 0 Å². The summed E-state index contributed by atoms with van der Waals surface area (Å²) in [5, 5.41) is 5.85. The molecule has 0 unspecified atom stereocenters. The van der Waals surface area contributed by atoms with Crippen LogP contribution in [0.1, 0.15) is 51.3 Å². The summed E-state index contributed by atoms with van der Waals surface area (Å²) in [6, 6.07) is 7.26. The Balaban J connectivity index is 1.24. The minimum atomic E-state index is -0.593. The van der Waals surface area contributed by atoms with E-state index in [9.17, 15) is 14.4 Å². The van der Waals surface area contributed by atoms with Gasteiger partial charge >= 0.3 is 0 Å². The first-order chi connectivity index (χ1) is 14.5. The van der Waals surface area contributed by atoms with Crippen molar-refractivity contribution in [3.63, 3.8) is 0 Å². The molecule has 0 radical (unpaired) electrons. The van der Waals surface area contributed by atoms with Gasteiger partial charge in [0.2, 0.25) is 17.7 Å². The number of rotatable bonds is 6. The molecule has 2 heterocycles. The molecule has 160 valence electrons. The summed E-state index contributed by atoms with van der Waals surface area (Å²) < 4.78 is 0. The molecule has 1 saturated heterocycles. The van der Waals surface area contributed by atoms with Gasteiger partial charge in [-0.15, -0.1) is 0 Å². The Bertz CT molecular complexity index is 914. The van der Waals surface area contributed by atoms with Crippen LogP contribution in [0.2, 0.25) is 0 Å². The van der Waals surface area contributed by atoms with Gasteiger partial charge in [0.1, 0.15) is 11.9 Å². The first kappa shape index (κ1) is 20.4. The molecule has 1 aliphatic heterocycles. The first-order valence-electron chi connectivity index (χ1n) is 10.8. The zero-order valence-corrected chi connectivity index (χ0v) is 17.5. The number of carbonyl (C=O) groups is 3. The summed E-state index contributed by atoms with van der Waals surface area (Å²) in [4.78, 5) is 46.6. The van der Waals surface area contributed by atoms with Crippen molar-refractivity contribution in [2.75, 3.05) is 13.1 Å². The molecular weight excluding hydrogens is 382 g/mol. The summed E-state index contributed by atoms with van der Waals surface area (Å²) in [6.07, 6.45) is 2.74. The smallest absolute Gasteiger partial charge is 0.242 e. The molecule has 2 aromatic rings. The summed E-state index contributed by atoms with van der Waals surface area (Å²) in [7, 11) is 0. The van der Waals surface area contributed by atoms with Crippen LogP contribution in [0.4, 0.5) is 0 Å². The van der Waals surface area contributed by atoms with E-state index in [0.717, 1.165) is 36.1 Å². The Morgan fingerprint density at radius 1 is 1.23 bits per heavy atom. The minimum absolute atomic E-state index is 0.0435. The number of fused-ring (bicyclic) bond motifs is 1. The predicted molar refractivity (Wildman–Crippen MR) is 113 cm³/mol. The molecule has 1 aliphatic carbocycles. The topological polar surface area (TPSA) is 107 Å². The second-order valence-corrected chi connectivity index (χ2v) is 8.34. The van der Waals surface area contributed by atoms with Crippen LogP contribution in [-0.4, -0.2) is 57.8 Å². The third-order valence-electron chi connectivity index (χ3n) is 6.13. The van der Waals surface area contributed by atoms with Crippen molar-refractivity contribution in [2.24, 2.45) is 5.92 Å². The van der Waals surface area contributed by atoms with Gasteiger partial charge in [0.15, 0.2) is 0 Å². The van der Waals surface area contributed by atoms with Crippen LogP contribution >= 0.6 is 0 Å². The average molecular weight is 412 g/mol. The van der Waals surface area contributed by atoms with Gasteiger partial charge < -0.3 is 20.5 Å². The first-order valence-corrected chi connectivity index (χ1v) is 10.8. The molecule has 1 saturated carbocycles. The highest BCUT2D eigenvalue weighted by molar-refractivity contribution is 5.90. The second kappa shape index (κ2) is 8.45. The van der Waals surface area contributed by atoms with Gasteiger partial charge in [-0.25, -0.2) is 4.98 Å². The average Bonchev–Trinajstić information content (AvgIpc) is 3.45. The fraction of sp³-hybridized carbons (Fsp3) is 0.545. The third-order valence-corrected chi connectivity index (χ3v) is 6.13. The van der Waals surface area contributed by atoms with Gasteiger partial charge in [-0.2, -0.15) is 0 Å². The number of hydrogen-bond acceptors (Lipinski definition) is 4. The fourth-order valence-corrected chi connectivity index (χ4v) is 4.14. The van der Waals surface area contributed by atoms with Crippen LogP contribution in [0.25, 0.3) is 11.0 Å². The molecule has 2 aliphatic rings. The van der Waals surface area contributed by atoms with Crippen molar-refractivity contribution >= 4 is 28.8 Å². The highest BCUT2D eigenvalue weighted by atomic mass is 16.2. The Kier molecular flexibility index (Phi) is 5.74. The molecule has 3 N–H and O–H groups in total. The number of H-pyrrole nitrogens is 1. The van der Waals surface area contributed by atoms with Crippen molar-refractivity contribution in [3.05, 3.63) is 30.1 Å². The largest absolute Gasteiger partial charge is 0.351 e. The lowest BCUT2D eigenvalue weighted by atomic mass is 10.0. The number of amides is 3. The number of piperidine rings is 1. The van der Waals surface area contributed by atoms with Crippen LogP contribution in [0.3, 0.4) is 0 Å². The number of para-hydroxylation sites is 2. The number of carbonyl (C=O) groups excluding carboxylic acids is 3. The zero-order valence-electron chi connectivity index (χ0n) is 17.5. The van der Waals surface area contributed by atoms with Gasteiger partial charge in [0.25, 0.3) is 0 Å². The SMILES string of the molecule is CCC(=O)N1CCC(NC(=O)[C@@H](C)NC(=O)[C@H]2C[C@@H]2c2nc3ccccc3[nH]2)CC1. The van der Waals surface area contributed by atoms with Crippen molar-refractivity contribution in [2.45, 2.75) is 57.5 Å². The van der Waals surface area contributed by atoms with Crippen LogP contribution < -0.4 is 10.6 Å². The summed E-state index contributed by atoms with van der Waals surface area (Å²) in [6.45, 7) is 4.90. The number of likely N-dealkylation sites (tertiary alicyclic amines) is 1. The van der Waals surface area contributed by atoms with Crippen LogP contribution in [0.15, 0.2) is 24.3 Å². The van der Waals surface area contributed by atoms with Crippen LogP contribution in [0, 0.1) is 5.92 Å². The van der Waals surface area contributed by atoms with Crippen molar-refractivity contribution < 1.29 is 14.4 Å². The van der Waals surface area contributed by atoms with Gasteiger partial charge in [-0.05, 0) is 38.3 Å². The van der Waals surface area contributed by atoms with Gasteiger partial charge in [0.05, 0.1) is 11.0 Å². The van der Waals surface area contributed by atoms with Crippen molar-refractivity contribution in [1.82, 2.24) is 25.5 Å². The monoisotopic (exact) mass is 411 g/mol. The molecule has 4 rings (SSSR count). The quantitative estimate of drug-likeness (QED) is 0.672. The lowest BCUT2D eigenvalue weighted by Gasteiger charge is -2.32. The number of nitrogens with one attached hydrogen (secondary N) is 3. The van der Waals surface area contributed by atoms with Gasteiger partial charge in [-0.1, -0.05) is 19.1 Å². The number of aromatic nitrogens is 2. The fourth-order valence-electron chi connectivity index (χ4n) is 4.14. The second-order valence-electron chi connectivity index (χ2n) is 8.34. The van der Waals surface area contributed by atoms with E-state index in [1.807, 2.05) is 36.1 Å². The highest BCUT2D eigenvalue weighted by Crippen LogP contribution is 2.46. The standard InChI is InChI=1S/C22H29N5O3/c1-3-19(28)27-10-8-14(9-11-27)24-21(29)13(2)23-22(30)16-12-15(16)20-25-17-6-4-5-7-18(17)26-20/h4-7,13-16H,3,8-12H2,1-2H3,(H,23,30)(H,24,29)(H,25,26)/t13-,15+,16+/m1/s1. The molecule has 1 aromatic carbocycles. The molecule has 8 heteroatoms. The van der Waals surface area contributed by atoms with Crippen LogP contribution in [-0.2, 0) is 14.4 Å². The third kappa shape index (κ3) is 4.32. The molecule has 8 nitrogen and oxygen atoms in total. The molecule has 2 fully saturated rings. The molecule has 0 bridgehead atoms. The zero-order chi connectivity index (χ0) is 21.3. The number of nitrogens with zero attached hydrogens (tertiary/aromatic N) is 2. The molecule has 3 amide bonds. The predicted octanol–water partition coefficient (Wildman–Crippen LogP) is 1.69. The van der Waals surface area contributed by atoms with E-state index in [1.165, 1.54) is 0 Å². The number of aromatic amines is 1. The van der Waals surface area contributed by atoms with E-state index < -0.39 is 6.04 Å². The maximum atomic E-state index is 12.6. The number of hydrogen-bond donors (Lipinski definition) is 3. The molecule has 1 aromatic heterocycles. The van der Waals surface area contributed by atoms with E-state index in [4.69, 9.17) is 0 Å². The summed E-state index contributed by atoms with van der Waals surface area (Å²) in [5.41, 5.74) is 1.87. The molecule has 0 spiro atoms. The van der Waals surface area contributed by atoms with Gasteiger partial charge in [0, 0.05) is 37.4 Å². The Morgan fingerprint density at radius 2 is 1.97 bits per heavy atom. The molecule has 30 heavy (non-hydrogen) atoms. The van der Waals surface area contributed by atoms with E-state index in [1.54, 1.807) is 6.92 Å². The Hall–Kier alpha value is -2.90. The van der Waals surface area contributed by atoms with Crippen molar-refractivity contribution in [1.29, 1.82) is 0 Å². The lowest BCUT2D eigenvalue weighted by Crippen LogP contribution is -2.52. The number of benzene rings is 1. The molecule has 3 atom stereocenters. The van der Waals surface area contributed by atoms with Crippen molar-refractivity contribution in [3.8, 4) is 0 Å². The summed E-state index contributed by atoms with van der Waals surface area (Å²) in [5.74, 6) is 0.638. The Morgan fingerprint density at radius 3 is 2.67 bits per heavy atom. The minimum Gasteiger partial charge on any atom is -0.351 e. The van der Waals surface area contributed by atoms with Gasteiger partial charge in [-0.3, -0.25) is 14.4 Å². The maximum Gasteiger partial charge on any atom is 0.242 e. The highest BCUT2D eigenvalue weighted by Gasteiger charge is 2.46. The van der Waals surface area contributed by atoms with E-state index in [-0.39, 0.29) is 35.6 Å². The number of imidazole rings is 1.